The van der Waals surface area contributed by atoms with Crippen molar-refractivity contribution in [3.8, 4) is 0 Å². The molecule has 1 N–H and O–H groups in total. The fourth-order valence-corrected chi connectivity index (χ4v) is 1.28. The van der Waals surface area contributed by atoms with Crippen molar-refractivity contribution in [3.63, 3.8) is 0 Å². The molecule has 0 aliphatic rings. The maximum absolute atomic E-state index is 5.63. The zero-order chi connectivity index (χ0) is 8.81. The number of hydrogen-bond donors (Lipinski definition) is 1. The number of rotatable bonds is 5. The number of alkyl halides is 1. The number of aryl methyl sites for hydroxylation is 1. The van der Waals surface area contributed by atoms with Crippen LogP contribution in [0.25, 0.3) is 0 Å². The van der Waals surface area contributed by atoms with Crippen LogP contribution in [0.2, 0.25) is 0 Å². The molecule has 0 amide bonds. The predicted molar refractivity (Wildman–Crippen MR) is 58.6 cm³/mol. The third kappa shape index (κ3) is 4.53. The second-order valence-electron chi connectivity index (χ2n) is 2.95. The van der Waals surface area contributed by atoms with E-state index in [4.69, 9.17) is 11.6 Å². The number of nitrogens with zero attached hydrogens (tertiary/aromatic N) is 1. The fraction of sp³-hybridized carbons (Fsp3) is 0.667. The van der Waals surface area contributed by atoms with Gasteiger partial charge in [-0.2, -0.15) is 0 Å². The van der Waals surface area contributed by atoms with Crippen molar-refractivity contribution in [2.75, 3.05) is 0 Å². The molecule has 13 heavy (non-hydrogen) atoms. The van der Waals surface area contributed by atoms with Crippen molar-refractivity contribution in [3.05, 3.63) is 17.7 Å². The summed E-state index contributed by atoms with van der Waals surface area (Å²) in [5, 5.41) is 0. The second kappa shape index (κ2) is 7.22. The Morgan fingerprint density at radius 1 is 1.46 bits per heavy atom. The van der Waals surface area contributed by atoms with Gasteiger partial charge in [-0.3, -0.25) is 0 Å². The lowest BCUT2D eigenvalue weighted by Gasteiger charge is -1.94. The van der Waals surface area contributed by atoms with Crippen LogP contribution in [0.5, 0.6) is 0 Å². The van der Waals surface area contributed by atoms with Gasteiger partial charge < -0.3 is 4.98 Å². The lowest BCUT2D eigenvalue weighted by Crippen LogP contribution is -1.88. The Morgan fingerprint density at radius 3 is 2.77 bits per heavy atom. The largest absolute Gasteiger partial charge is 0.345 e. The summed E-state index contributed by atoms with van der Waals surface area (Å²) in [5.41, 5.74) is 1.02. The molecule has 0 atom stereocenters. The van der Waals surface area contributed by atoms with E-state index in [9.17, 15) is 0 Å². The molecule has 0 aliphatic heterocycles. The minimum atomic E-state index is 0. The fourth-order valence-electron chi connectivity index (χ4n) is 1.14. The molecular weight excluding hydrogens is 207 g/mol. The van der Waals surface area contributed by atoms with Crippen molar-refractivity contribution in [1.29, 1.82) is 0 Å². The summed E-state index contributed by atoms with van der Waals surface area (Å²) in [6.07, 6.45) is 6.60. The van der Waals surface area contributed by atoms with Gasteiger partial charge in [0.15, 0.2) is 0 Å². The molecule has 0 aromatic carbocycles. The molecule has 0 saturated heterocycles. The molecule has 4 heteroatoms. The van der Waals surface area contributed by atoms with Crippen LogP contribution in [0.15, 0.2) is 6.20 Å². The summed E-state index contributed by atoms with van der Waals surface area (Å²) in [7, 11) is 0. The Hall–Kier alpha value is -0.210. The van der Waals surface area contributed by atoms with Crippen molar-refractivity contribution in [2.24, 2.45) is 0 Å². The molecule has 0 fully saturated rings. The Labute approximate surface area is 90.5 Å². The van der Waals surface area contributed by atoms with E-state index in [1.807, 2.05) is 6.20 Å². The number of aromatic nitrogens is 2. The predicted octanol–water partition coefficient (Wildman–Crippen LogP) is 3.30. The Balaban J connectivity index is 0.00000144. The quantitative estimate of drug-likeness (QED) is 0.602. The molecule has 0 radical (unpaired) electrons. The third-order valence-electron chi connectivity index (χ3n) is 1.84. The standard InChI is InChI=1S/C9H15ClN2.ClH/c1-2-3-4-5-9-11-7-8(6-10)12-9;/h7H,2-6H2,1H3,(H,11,12);1H. The van der Waals surface area contributed by atoms with E-state index in [0.717, 1.165) is 17.9 Å². The molecule has 0 saturated carbocycles. The topological polar surface area (TPSA) is 28.7 Å². The molecule has 1 rings (SSSR count). The number of H-pyrrole nitrogens is 1. The highest BCUT2D eigenvalue weighted by Crippen LogP contribution is 2.05. The highest BCUT2D eigenvalue weighted by atomic mass is 35.5. The zero-order valence-corrected chi connectivity index (χ0v) is 9.42. The van der Waals surface area contributed by atoms with Crippen LogP contribution in [-0.2, 0) is 12.3 Å². The summed E-state index contributed by atoms with van der Waals surface area (Å²) >= 11 is 5.63. The number of imidazole rings is 1. The van der Waals surface area contributed by atoms with Crippen LogP contribution in [0.1, 0.15) is 37.7 Å². The van der Waals surface area contributed by atoms with Crippen molar-refractivity contribution >= 4 is 24.0 Å². The van der Waals surface area contributed by atoms with Gasteiger partial charge in [-0.15, -0.1) is 24.0 Å². The highest BCUT2D eigenvalue weighted by Gasteiger charge is 1.98. The highest BCUT2D eigenvalue weighted by molar-refractivity contribution is 6.16. The first-order chi connectivity index (χ1) is 5.86. The Morgan fingerprint density at radius 2 is 2.23 bits per heavy atom. The molecule has 0 unspecified atom stereocenters. The molecule has 76 valence electrons. The number of unbranched alkanes of at least 4 members (excludes halogenated alkanes) is 2. The third-order valence-corrected chi connectivity index (χ3v) is 2.13. The van der Waals surface area contributed by atoms with Gasteiger partial charge in [0.1, 0.15) is 5.82 Å². The van der Waals surface area contributed by atoms with E-state index < -0.39 is 0 Å². The number of nitrogens with one attached hydrogen (secondary N) is 1. The summed E-state index contributed by atoms with van der Waals surface area (Å²) in [6, 6.07) is 0. The lowest BCUT2D eigenvalue weighted by atomic mass is 10.2. The average molecular weight is 223 g/mol. The second-order valence-corrected chi connectivity index (χ2v) is 3.21. The summed E-state index contributed by atoms with van der Waals surface area (Å²) in [5.74, 6) is 1.60. The van der Waals surface area contributed by atoms with Gasteiger partial charge >= 0.3 is 0 Å². The molecule has 1 aromatic heterocycles. The van der Waals surface area contributed by atoms with E-state index >= 15 is 0 Å². The molecule has 2 nitrogen and oxygen atoms in total. The van der Waals surface area contributed by atoms with E-state index in [1.165, 1.54) is 19.3 Å². The van der Waals surface area contributed by atoms with Crippen LogP contribution in [0.3, 0.4) is 0 Å². The molecule has 0 spiro atoms. The van der Waals surface area contributed by atoms with E-state index in [0.29, 0.717) is 5.88 Å². The van der Waals surface area contributed by atoms with Gasteiger partial charge in [-0.1, -0.05) is 19.8 Å². The maximum Gasteiger partial charge on any atom is 0.106 e. The smallest absolute Gasteiger partial charge is 0.106 e. The maximum atomic E-state index is 5.63. The number of aromatic amines is 1. The summed E-state index contributed by atoms with van der Waals surface area (Å²) in [6.45, 7) is 2.20. The molecule has 1 heterocycles. The van der Waals surface area contributed by atoms with Crippen LogP contribution in [0, 0.1) is 0 Å². The van der Waals surface area contributed by atoms with Gasteiger partial charge in [-0.25, -0.2) is 4.98 Å². The Kier molecular flexibility index (Phi) is 7.10. The lowest BCUT2D eigenvalue weighted by molar-refractivity contribution is 0.698. The minimum absolute atomic E-state index is 0. The van der Waals surface area contributed by atoms with Gasteiger partial charge in [0, 0.05) is 18.3 Å². The van der Waals surface area contributed by atoms with E-state index in [1.54, 1.807) is 0 Å². The molecule has 1 aromatic rings. The van der Waals surface area contributed by atoms with Crippen molar-refractivity contribution in [2.45, 2.75) is 38.5 Å². The summed E-state index contributed by atoms with van der Waals surface area (Å²) < 4.78 is 0. The first-order valence-corrected chi connectivity index (χ1v) is 4.99. The first kappa shape index (κ1) is 12.8. The molecule has 0 aliphatic carbocycles. The van der Waals surface area contributed by atoms with Gasteiger partial charge in [0.25, 0.3) is 0 Å². The van der Waals surface area contributed by atoms with Crippen LogP contribution < -0.4 is 0 Å². The number of hydrogen-bond acceptors (Lipinski definition) is 1. The van der Waals surface area contributed by atoms with Gasteiger partial charge in [-0.05, 0) is 6.42 Å². The minimum Gasteiger partial charge on any atom is -0.345 e. The van der Waals surface area contributed by atoms with Crippen LogP contribution in [-0.4, -0.2) is 9.97 Å². The molecular formula is C9H16Cl2N2. The van der Waals surface area contributed by atoms with Gasteiger partial charge in [0.2, 0.25) is 0 Å². The number of halogens is 2. The molecule has 0 bridgehead atoms. The van der Waals surface area contributed by atoms with Crippen LogP contribution >= 0.6 is 24.0 Å². The SMILES string of the molecule is CCCCCc1ncc(CCl)[nH]1.Cl. The van der Waals surface area contributed by atoms with E-state index in [-0.39, 0.29) is 12.4 Å². The van der Waals surface area contributed by atoms with Gasteiger partial charge in [0.05, 0.1) is 5.88 Å². The van der Waals surface area contributed by atoms with Crippen molar-refractivity contribution in [1.82, 2.24) is 9.97 Å². The average Bonchev–Trinajstić information content (AvgIpc) is 2.53. The van der Waals surface area contributed by atoms with Crippen LogP contribution in [0.4, 0.5) is 0 Å². The first-order valence-electron chi connectivity index (χ1n) is 4.45. The Bertz CT molecular complexity index is 223. The monoisotopic (exact) mass is 222 g/mol. The van der Waals surface area contributed by atoms with E-state index in [2.05, 4.69) is 16.9 Å². The van der Waals surface area contributed by atoms with Crippen molar-refractivity contribution < 1.29 is 0 Å². The zero-order valence-electron chi connectivity index (χ0n) is 7.85. The summed E-state index contributed by atoms with van der Waals surface area (Å²) in [4.78, 5) is 7.40. The normalized spacial score (nSPS) is 9.69.